The van der Waals surface area contributed by atoms with E-state index in [1.54, 1.807) is 47.4 Å². The van der Waals surface area contributed by atoms with Crippen LogP contribution in [0.15, 0.2) is 59.4 Å². The van der Waals surface area contributed by atoms with Gasteiger partial charge in [-0.05, 0) is 24.3 Å². The number of carbonyl (C=O) groups excluding carboxylic acids is 1. The molecule has 0 saturated carbocycles. The smallest absolute Gasteiger partial charge is 0.348 e. The molecule has 1 aliphatic rings. The zero-order valence-electron chi connectivity index (χ0n) is 14.5. The molecule has 1 saturated heterocycles. The highest BCUT2D eigenvalue weighted by Gasteiger charge is 2.26. The van der Waals surface area contributed by atoms with Gasteiger partial charge in [-0.3, -0.25) is 9.78 Å². The number of para-hydroxylation sites is 2. The van der Waals surface area contributed by atoms with E-state index in [2.05, 4.69) is 10.1 Å². The first-order chi connectivity index (χ1) is 13.1. The molecule has 0 spiro atoms. The molecule has 0 radical (unpaired) electrons. The first kappa shape index (κ1) is 17.0. The van der Waals surface area contributed by atoms with E-state index in [1.165, 1.54) is 10.7 Å². The van der Waals surface area contributed by atoms with Gasteiger partial charge in [-0.2, -0.15) is 4.68 Å². The molecule has 1 fully saturated rings. The number of benzene rings is 2. The number of nitrogens with zero attached hydrogens (tertiary/aromatic N) is 4. The van der Waals surface area contributed by atoms with Crippen LogP contribution in [-0.2, 0) is 0 Å². The molecule has 0 atom stereocenters. The Balaban J connectivity index is 1.47. The summed E-state index contributed by atoms with van der Waals surface area (Å²) < 4.78 is 15.1. The third-order valence-corrected chi connectivity index (χ3v) is 4.58. The Morgan fingerprint density at radius 1 is 0.963 bits per heavy atom. The highest BCUT2D eigenvalue weighted by molar-refractivity contribution is 5.90. The number of H-pyrrole nitrogens is 1. The van der Waals surface area contributed by atoms with E-state index in [0.717, 1.165) is 0 Å². The minimum Gasteiger partial charge on any atom is -0.366 e. The molecule has 1 amide bonds. The number of nitrogens with one attached hydrogen (secondary N) is 1. The maximum absolute atomic E-state index is 13.9. The van der Waals surface area contributed by atoms with Crippen molar-refractivity contribution in [3.63, 3.8) is 0 Å². The molecule has 138 valence electrons. The second-order valence-electron chi connectivity index (χ2n) is 6.26. The number of hydrogen-bond acceptors (Lipinski definition) is 4. The van der Waals surface area contributed by atoms with E-state index in [4.69, 9.17) is 0 Å². The zero-order valence-corrected chi connectivity index (χ0v) is 14.5. The summed E-state index contributed by atoms with van der Waals surface area (Å²) in [5.41, 5.74) is 0.656. The van der Waals surface area contributed by atoms with Crippen molar-refractivity contribution in [1.29, 1.82) is 0 Å². The number of hydrogen-bond donors (Lipinski definition) is 1. The van der Waals surface area contributed by atoms with Gasteiger partial charge in [0.05, 0.1) is 11.4 Å². The summed E-state index contributed by atoms with van der Waals surface area (Å²) in [5.74, 6) is -0.610. The lowest BCUT2D eigenvalue weighted by Gasteiger charge is -2.35. The molecule has 2 heterocycles. The van der Waals surface area contributed by atoms with Gasteiger partial charge in [-0.15, -0.1) is 5.10 Å². The molecule has 27 heavy (non-hydrogen) atoms. The van der Waals surface area contributed by atoms with Crippen molar-refractivity contribution in [2.75, 3.05) is 31.1 Å². The van der Waals surface area contributed by atoms with E-state index >= 15 is 0 Å². The van der Waals surface area contributed by atoms with Gasteiger partial charge in [0.1, 0.15) is 5.82 Å². The summed E-state index contributed by atoms with van der Waals surface area (Å²) in [7, 11) is 0. The Bertz CT molecular complexity index is 1010. The molecule has 1 aliphatic heterocycles. The van der Waals surface area contributed by atoms with Gasteiger partial charge < -0.3 is 9.80 Å². The average Bonchev–Trinajstić information content (AvgIpc) is 3.10. The van der Waals surface area contributed by atoms with Crippen LogP contribution in [0.1, 0.15) is 10.6 Å². The molecule has 1 N–H and O–H groups in total. The van der Waals surface area contributed by atoms with Crippen LogP contribution in [0.3, 0.4) is 0 Å². The fourth-order valence-corrected chi connectivity index (χ4v) is 3.17. The highest BCUT2D eigenvalue weighted by atomic mass is 19.1. The van der Waals surface area contributed by atoms with Gasteiger partial charge in [0.2, 0.25) is 5.82 Å². The predicted octanol–water partition coefficient (Wildman–Crippen LogP) is 1.66. The average molecular weight is 367 g/mol. The first-order valence-electron chi connectivity index (χ1n) is 8.67. The van der Waals surface area contributed by atoms with Gasteiger partial charge >= 0.3 is 5.69 Å². The Morgan fingerprint density at radius 3 is 2.33 bits per heavy atom. The van der Waals surface area contributed by atoms with Crippen molar-refractivity contribution in [2.24, 2.45) is 0 Å². The number of rotatable bonds is 3. The molecule has 2 aromatic carbocycles. The fraction of sp³-hybridized carbons (Fsp3) is 0.211. The molecule has 4 rings (SSSR count). The molecule has 0 aliphatic carbocycles. The van der Waals surface area contributed by atoms with Crippen LogP contribution in [-0.4, -0.2) is 51.8 Å². The van der Waals surface area contributed by atoms with Crippen molar-refractivity contribution in [2.45, 2.75) is 0 Å². The number of aromatic amines is 1. The minimum absolute atomic E-state index is 0.00296. The lowest BCUT2D eigenvalue weighted by atomic mass is 10.2. The van der Waals surface area contributed by atoms with E-state index in [1.807, 2.05) is 11.0 Å². The van der Waals surface area contributed by atoms with Crippen molar-refractivity contribution in [1.82, 2.24) is 19.7 Å². The SMILES string of the molecule is O=C(c1nn(-c2ccccc2)c(=O)[nH]1)N1CCN(c2ccccc2F)CC1. The van der Waals surface area contributed by atoms with Crippen LogP contribution >= 0.6 is 0 Å². The molecule has 7 nitrogen and oxygen atoms in total. The molecular formula is C19H18FN5O2. The van der Waals surface area contributed by atoms with Gasteiger partial charge in [-0.1, -0.05) is 30.3 Å². The Labute approximate surface area is 154 Å². The van der Waals surface area contributed by atoms with E-state index in [9.17, 15) is 14.0 Å². The van der Waals surface area contributed by atoms with Crippen molar-refractivity contribution < 1.29 is 9.18 Å². The number of piperazine rings is 1. The summed E-state index contributed by atoms with van der Waals surface area (Å²) in [6.07, 6.45) is 0. The zero-order chi connectivity index (χ0) is 18.8. The highest BCUT2D eigenvalue weighted by Crippen LogP contribution is 2.20. The Morgan fingerprint density at radius 2 is 1.63 bits per heavy atom. The normalized spacial score (nSPS) is 14.4. The second-order valence-corrected chi connectivity index (χ2v) is 6.26. The monoisotopic (exact) mass is 367 g/mol. The maximum atomic E-state index is 13.9. The summed E-state index contributed by atoms with van der Waals surface area (Å²) in [6.45, 7) is 1.87. The van der Waals surface area contributed by atoms with Crippen molar-refractivity contribution in [3.8, 4) is 5.69 Å². The molecule has 3 aromatic rings. The molecular weight excluding hydrogens is 349 g/mol. The molecule has 1 aromatic heterocycles. The van der Waals surface area contributed by atoms with Crippen LogP contribution < -0.4 is 10.6 Å². The summed E-state index contributed by atoms with van der Waals surface area (Å²) in [5, 5.41) is 4.13. The lowest BCUT2D eigenvalue weighted by molar-refractivity contribution is 0.0734. The second kappa shape index (κ2) is 7.06. The third-order valence-electron chi connectivity index (χ3n) is 4.58. The molecule has 0 unspecified atom stereocenters. The van der Waals surface area contributed by atoms with Crippen LogP contribution in [0, 0.1) is 5.82 Å². The molecule has 8 heteroatoms. The summed E-state index contributed by atoms with van der Waals surface area (Å²) in [6, 6.07) is 15.5. The fourth-order valence-electron chi connectivity index (χ4n) is 3.17. The van der Waals surface area contributed by atoms with Gasteiger partial charge in [0.15, 0.2) is 0 Å². The van der Waals surface area contributed by atoms with Crippen molar-refractivity contribution >= 4 is 11.6 Å². The predicted molar refractivity (Wildman–Crippen MR) is 98.7 cm³/mol. The van der Waals surface area contributed by atoms with Crippen LogP contribution in [0.2, 0.25) is 0 Å². The van der Waals surface area contributed by atoms with Gasteiger partial charge in [-0.25, -0.2) is 9.18 Å². The lowest BCUT2D eigenvalue weighted by Crippen LogP contribution is -2.49. The Kier molecular flexibility index (Phi) is 4.45. The number of amides is 1. The topological polar surface area (TPSA) is 74.2 Å². The van der Waals surface area contributed by atoms with Crippen molar-refractivity contribution in [3.05, 3.63) is 76.7 Å². The number of carbonyl (C=O) groups is 1. The largest absolute Gasteiger partial charge is 0.366 e. The molecule has 0 bridgehead atoms. The van der Waals surface area contributed by atoms with E-state index < -0.39 is 5.69 Å². The number of halogens is 1. The number of aromatic nitrogens is 3. The quantitative estimate of drug-likeness (QED) is 0.764. The van der Waals surface area contributed by atoms with E-state index in [-0.39, 0.29) is 17.5 Å². The summed E-state index contributed by atoms with van der Waals surface area (Å²) >= 11 is 0. The van der Waals surface area contributed by atoms with E-state index in [0.29, 0.717) is 37.6 Å². The number of anilines is 1. The Hall–Kier alpha value is -3.42. The van der Waals surface area contributed by atoms with Crippen LogP contribution in [0.25, 0.3) is 5.69 Å². The maximum Gasteiger partial charge on any atom is 0.348 e. The summed E-state index contributed by atoms with van der Waals surface area (Å²) in [4.78, 5) is 30.9. The standard InChI is InChI=1S/C19H18FN5O2/c20-15-8-4-5-9-16(15)23-10-12-24(13-11-23)18(26)17-21-19(27)25(22-17)14-6-2-1-3-7-14/h1-9H,10-13H2,(H,21,22,27). The third kappa shape index (κ3) is 3.33. The van der Waals surface area contributed by atoms with Gasteiger partial charge in [0, 0.05) is 26.2 Å². The van der Waals surface area contributed by atoms with Crippen LogP contribution in [0.4, 0.5) is 10.1 Å². The first-order valence-corrected chi connectivity index (χ1v) is 8.67. The minimum atomic E-state index is -0.463. The van der Waals surface area contributed by atoms with Crippen LogP contribution in [0.5, 0.6) is 0 Å². The van der Waals surface area contributed by atoms with Gasteiger partial charge in [0.25, 0.3) is 5.91 Å².